The maximum absolute atomic E-state index is 14.1. The summed E-state index contributed by atoms with van der Waals surface area (Å²) in [6.07, 6.45) is 2.51. The monoisotopic (exact) mass is 581 g/mol. The molecule has 1 aliphatic heterocycles. The maximum Gasteiger partial charge on any atom is 0.248 e. The first-order valence-corrected chi connectivity index (χ1v) is 13.4. The Kier molecular flexibility index (Phi) is 6.51. The summed E-state index contributed by atoms with van der Waals surface area (Å²) in [4.78, 5) is 3.78. The molecule has 5 rings (SSSR count). The Morgan fingerprint density at radius 3 is 2.43 bits per heavy atom. The number of piperidine rings is 1. The predicted molar refractivity (Wildman–Crippen MR) is 133 cm³/mol. The summed E-state index contributed by atoms with van der Waals surface area (Å²) in [6.45, 7) is 0.227. The number of nitrogens with one attached hydrogen (secondary N) is 1. The standard InChI is InChI=1S/C23H19BrClF2N5O2S/c24-16-13-28-32-21(12-20(30-23(16)32)15-4-1-2-5-17(15)25)29-14-8-10-31(11-9-14)35(33,34)22-18(26)6-3-7-19(22)27/h1-7,12-14,29H,8-11H2. The average Bonchev–Trinajstić information content (AvgIpc) is 3.20. The lowest BCUT2D eigenvalue weighted by Gasteiger charge is -2.32. The highest BCUT2D eigenvalue weighted by molar-refractivity contribution is 9.10. The number of rotatable bonds is 5. The van der Waals surface area contributed by atoms with Gasteiger partial charge in [0.05, 0.1) is 16.4 Å². The van der Waals surface area contributed by atoms with E-state index >= 15 is 0 Å². The topological polar surface area (TPSA) is 79.6 Å². The molecule has 0 amide bonds. The van der Waals surface area contributed by atoms with Crippen LogP contribution in [-0.4, -0.2) is 46.5 Å². The number of fused-ring (bicyclic) bond motifs is 1. The Morgan fingerprint density at radius 2 is 1.74 bits per heavy atom. The van der Waals surface area contributed by atoms with Gasteiger partial charge in [-0.05, 0) is 47.0 Å². The van der Waals surface area contributed by atoms with Crippen molar-refractivity contribution >= 4 is 49.0 Å². The molecule has 0 aliphatic carbocycles. The van der Waals surface area contributed by atoms with Crippen LogP contribution in [0, 0.1) is 11.6 Å². The Bertz CT molecular complexity index is 1500. The van der Waals surface area contributed by atoms with Crippen LogP contribution in [0.1, 0.15) is 12.8 Å². The van der Waals surface area contributed by atoms with Crippen molar-refractivity contribution < 1.29 is 17.2 Å². The number of nitrogens with zero attached hydrogens (tertiary/aromatic N) is 4. The third kappa shape index (κ3) is 4.53. The number of hydrogen-bond donors (Lipinski definition) is 1. The number of hydrogen-bond acceptors (Lipinski definition) is 5. The van der Waals surface area contributed by atoms with Crippen LogP contribution in [0.2, 0.25) is 5.02 Å². The molecule has 35 heavy (non-hydrogen) atoms. The van der Waals surface area contributed by atoms with Gasteiger partial charge >= 0.3 is 0 Å². The number of halogens is 4. The maximum atomic E-state index is 14.1. The third-order valence-electron chi connectivity index (χ3n) is 5.90. The van der Waals surface area contributed by atoms with Gasteiger partial charge in [0.25, 0.3) is 0 Å². The van der Waals surface area contributed by atoms with Crippen molar-refractivity contribution in [3.63, 3.8) is 0 Å². The van der Waals surface area contributed by atoms with Crippen LogP contribution >= 0.6 is 27.5 Å². The van der Waals surface area contributed by atoms with Crippen LogP contribution in [-0.2, 0) is 10.0 Å². The van der Waals surface area contributed by atoms with E-state index in [1.165, 1.54) is 0 Å². The van der Waals surface area contributed by atoms with Crippen molar-refractivity contribution in [3.8, 4) is 11.3 Å². The van der Waals surface area contributed by atoms with Gasteiger partial charge in [0, 0.05) is 35.8 Å². The highest BCUT2D eigenvalue weighted by Gasteiger charge is 2.33. The Morgan fingerprint density at radius 1 is 1.06 bits per heavy atom. The lowest BCUT2D eigenvalue weighted by Crippen LogP contribution is -2.43. The molecule has 0 atom stereocenters. The first-order chi connectivity index (χ1) is 16.8. The fraction of sp³-hybridized carbons (Fsp3) is 0.217. The summed E-state index contributed by atoms with van der Waals surface area (Å²) < 4.78 is 57.5. The molecule has 3 heterocycles. The SMILES string of the molecule is O=S(=O)(c1c(F)cccc1F)N1CCC(Nc2cc(-c3ccccc3Cl)nc3c(Br)cnn23)CC1. The summed E-state index contributed by atoms with van der Waals surface area (Å²) >= 11 is 9.86. The number of aromatic nitrogens is 3. The second-order valence-electron chi connectivity index (χ2n) is 8.11. The Balaban J connectivity index is 1.39. The van der Waals surface area contributed by atoms with Crippen molar-refractivity contribution in [1.29, 1.82) is 0 Å². The number of benzene rings is 2. The molecule has 12 heteroatoms. The van der Waals surface area contributed by atoms with E-state index in [9.17, 15) is 17.2 Å². The van der Waals surface area contributed by atoms with Crippen molar-refractivity contribution in [1.82, 2.24) is 18.9 Å². The molecule has 1 N–H and O–H groups in total. The van der Waals surface area contributed by atoms with E-state index in [0.717, 1.165) is 28.1 Å². The average molecular weight is 583 g/mol. The van der Waals surface area contributed by atoms with Crippen LogP contribution in [0.15, 0.2) is 64.1 Å². The molecule has 1 fully saturated rings. The fourth-order valence-corrected chi connectivity index (χ4v) is 6.31. The van der Waals surface area contributed by atoms with Gasteiger partial charge in [-0.25, -0.2) is 22.2 Å². The van der Waals surface area contributed by atoms with Gasteiger partial charge in [0.2, 0.25) is 10.0 Å². The van der Waals surface area contributed by atoms with E-state index in [4.69, 9.17) is 11.6 Å². The summed E-state index contributed by atoms with van der Waals surface area (Å²) in [5.41, 5.74) is 2.02. The van der Waals surface area contributed by atoms with Crippen molar-refractivity contribution in [2.24, 2.45) is 0 Å². The highest BCUT2D eigenvalue weighted by atomic mass is 79.9. The molecule has 4 aromatic rings. The minimum Gasteiger partial charge on any atom is -0.367 e. The van der Waals surface area contributed by atoms with Gasteiger partial charge in [-0.15, -0.1) is 0 Å². The van der Waals surface area contributed by atoms with Crippen LogP contribution in [0.3, 0.4) is 0 Å². The van der Waals surface area contributed by atoms with Gasteiger partial charge in [-0.3, -0.25) is 0 Å². The van der Waals surface area contributed by atoms with Gasteiger partial charge in [0.15, 0.2) is 10.5 Å². The van der Waals surface area contributed by atoms with Crippen LogP contribution in [0.5, 0.6) is 0 Å². The molecule has 7 nitrogen and oxygen atoms in total. The molecule has 0 bridgehead atoms. The quantitative estimate of drug-likeness (QED) is 0.343. The first-order valence-electron chi connectivity index (χ1n) is 10.8. The zero-order chi connectivity index (χ0) is 24.7. The van der Waals surface area contributed by atoms with Crippen molar-refractivity contribution in [2.75, 3.05) is 18.4 Å². The Hall–Kier alpha value is -2.60. The molecule has 1 aliphatic rings. The lowest BCUT2D eigenvalue weighted by molar-refractivity contribution is 0.326. The molecule has 0 spiro atoms. The van der Waals surface area contributed by atoms with Crippen LogP contribution in [0.25, 0.3) is 16.9 Å². The van der Waals surface area contributed by atoms with Crippen LogP contribution in [0.4, 0.5) is 14.6 Å². The first kappa shape index (κ1) is 24.1. The summed E-state index contributed by atoms with van der Waals surface area (Å²) in [5.74, 6) is -1.53. The largest absolute Gasteiger partial charge is 0.367 e. The highest BCUT2D eigenvalue weighted by Crippen LogP contribution is 2.32. The van der Waals surface area contributed by atoms with Gasteiger partial charge < -0.3 is 5.32 Å². The summed E-state index contributed by atoms with van der Waals surface area (Å²) in [7, 11) is -4.29. The molecule has 1 saturated heterocycles. The molecule has 0 saturated carbocycles. The van der Waals surface area contributed by atoms with E-state index in [-0.39, 0.29) is 19.1 Å². The normalized spacial score (nSPS) is 15.5. The second-order valence-corrected chi connectivity index (χ2v) is 11.2. The van der Waals surface area contributed by atoms with Crippen molar-refractivity contribution in [3.05, 3.63) is 75.9 Å². The second kappa shape index (κ2) is 9.45. The molecule has 0 radical (unpaired) electrons. The Labute approximate surface area is 213 Å². The van der Waals surface area contributed by atoms with Crippen molar-refractivity contribution in [2.45, 2.75) is 23.8 Å². The molecule has 0 unspecified atom stereocenters. The summed E-state index contributed by atoms with van der Waals surface area (Å²) in [6, 6.07) is 12.1. The van der Waals surface area contributed by atoms with E-state index < -0.39 is 26.6 Å². The fourth-order valence-electron chi connectivity index (χ4n) is 4.15. The van der Waals surface area contributed by atoms with E-state index in [1.807, 2.05) is 24.3 Å². The molecular formula is C23H19BrClF2N5O2S. The number of sulfonamides is 1. The van der Waals surface area contributed by atoms with E-state index in [1.54, 1.807) is 16.8 Å². The van der Waals surface area contributed by atoms with Crippen LogP contribution < -0.4 is 5.32 Å². The minimum absolute atomic E-state index is 0.0976. The molecular weight excluding hydrogens is 564 g/mol. The van der Waals surface area contributed by atoms with E-state index in [2.05, 4.69) is 31.3 Å². The smallest absolute Gasteiger partial charge is 0.248 e. The van der Waals surface area contributed by atoms with Gasteiger partial charge in [0.1, 0.15) is 17.5 Å². The zero-order valence-corrected chi connectivity index (χ0v) is 21.3. The molecule has 2 aromatic carbocycles. The lowest BCUT2D eigenvalue weighted by atomic mass is 10.1. The number of anilines is 1. The van der Waals surface area contributed by atoms with Gasteiger partial charge in [-0.2, -0.15) is 13.9 Å². The third-order valence-corrected chi connectivity index (χ3v) is 8.74. The molecule has 2 aromatic heterocycles. The molecule has 182 valence electrons. The van der Waals surface area contributed by atoms with Gasteiger partial charge in [-0.1, -0.05) is 35.9 Å². The van der Waals surface area contributed by atoms with E-state index in [0.29, 0.717) is 39.5 Å². The zero-order valence-electron chi connectivity index (χ0n) is 18.1. The minimum atomic E-state index is -4.29. The predicted octanol–water partition coefficient (Wildman–Crippen LogP) is 5.36. The summed E-state index contributed by atoms with van der Waals surface area (Å²) in [5, 5.41) is 8.36.